The molecule has 1 aliphatic heterocycles. The molecule has 0 saturated carbocycles. The minimum absolute atomic E-state index is 0.195. The van der Waals surface area contributed by atoms with E-state index >= 15 is 0 Å². The van der Waals surface area contributed by atoms with Gasteiger partial charge in [0.1, 0.15) is 5.82 Å². The van der Waals surface area contributed by atoms with E-state index in [1.807, 2.05) is 24.4 Å². The van der Waals surface area contributed by atoms with Gasteiger partial charge in [0.2, 0.25) is 5.95 Å². The van der Waals surface area contributed by atoms with Gasteiger partial charge in [-0.05, 0) is 37.8 Å². The predicted octanol–water partition coefficient (Wildman–Crippen LogP) is 3.08. The summed E-state index contributed by atoms with van der Waals surface area (Å²) in [7, 11) is 0. The van der Waals surface area contributed by atoms with Gasteiger partial charge in [-0.1, -0.05) is 18.9 Å². The van der Waals surface area contributed by atoms with Gasteiger partial charge in [0.15, 0.2) is 0 Å². The quantitative estimate of drug-likeness (QED) is 0.746. The van der Waals surface area contributed by atoms with Crippen LogP contribution >= 0.6 is 0 Å². The van der Waals surface area contributed by atoms with E-state index in [9.17, 15) is 5.11 Å². The zero-order valence-electron chi connectivity index (χ0n) is 13.9. The second-order valence-electron chi connectivity index (χ2n) is 6.17. The number of fused-ring (bicyclic) bond motifs is 2. The Morgan fingerprint density at radius 3 is 2.71 bits per heavy atom. The predicted molar refractivity (Wildman–Crippen MR) is 96.0 cm³/mol. The van der Waals surface area contributed by atoms with Crippen molar-refractivity contribution in [2.75, 3.05) is 23.7 Å². The summed E-state index contributed by atoms with van der Waals surface area (Å²) in [5, 5.41) is 16.7. The maximum atomic E-state index is 10.0. The Labute approximate surface area is 142 Å². The summed E-state index contributed by atoms with van der Waals surface area (Å²) in [6, 6.07) is 5.81. The SMILES string of the molecule is OC1CCCCCNc2ncc(-c3ccccn3)c(n2)NCCC1. The molecule has 6 heteroatoms. The van der Waals surface area contributed by atoms with E-state index in [1.54, 1.807) is 6.20 Å². The van der Waals surface area contributed by atoms with Crippen LogP contribution < -0.4 is 10.6 Å². The Bertz CT molecular complexity index is 635. The summed E-state index contributed by atoms with van der Waals surface area (Å²) in [5.74, 6) is 1.44. The van der Waals surface area contributed by atoms with Crippen molar-refractivity contribution in [3.8, 4) is 11.3 Å². The summed E-state index contributed by atoms with van der Waals surface area (Å²) < 4.78 is 0. The Morgan fingerprint density at radius 1 is 0.958 bits per heavy atom. The van der Waals surface area contributed by atoms with Crippen molar-refractivity contribution in [2.24, 2.45) is 0 Å². The normalized spacial score (nSPS) is 19.6. The number of aliphatic hydroxyl groups excluding tert-OH is 1. The molecule has 6 nitrogen and oxygen atoms in total. The molecule has 2 bridgehead atoms. The summed E-state index contributed by atoms with van der Waals surface area (Å²) >= 11 is 0. The molecule has 2 aromatic heterocycles. The molecular weight excluding hydrogens is 302 g/mol. The third-order valence-electron chi connectivity index (χ3n) is 4.23. The number of hydrogen-bond acceptors (Lipinski definition) is 6. The van der Waals surface area contributed by atoms with Crippen LogP contribution in [0, 0.1) is 0 Å². The third-order valence-corrected chi connectivity index (χ3v) is 4.23. The van der Waals surface area contributed by atoms with E-state index in [0.717, 1.165) is 68.7 Å². The van der Waals surface area contributed by atoms with Gasteiger partial charge in [-0.2, -0.15) is 4.98 Å². The van der Waals surface area contributed by atoms with Crippen LogP contribution in [0.3, 0.4) is 0 Å². The third kappa shape index (κ3) is 4.64. The summed E-state index contributed by atoms with van der Waals surface area (Å²) in [4.78, 5) is 13.4. The van der Waals surface area contributed by atoms with Gasteiger partial charge < -0.3 is 15.7 Å². The molecule has 24 heavy (non-hydrogen) atoms. The van der Waals surface area contributed by atoms with Crippen molar-refractivity contribution < 1.29 is 5.11 Å². The molecule has 0 fully saturated rings. The minimum Gasteiger partial charge on any atom is -0.393 e. The number of anilines is 2. The topological polar surface area (TPSA) is 83.0 Å². The monoisotopic (exact) mass is 327 g/mol. The van der Waals surface area contributed by atoms with Crippen LogP contribution in [0.5, 0.6) is 0 Å². The molecule has 0 saturated heterocycles. The highest BCUT2D eigenvalue weighted by Crippen LogP contribution is 2.25. The first-order chi connectivity index (χ1) is 11.8. The molecule has 0 aromatic carbocycles. The van der Waals surface area contributed by atoms with Crippen LogP contribution in [0.2, 0.25) is 0 Å². The van der Waals surface area contributed by atoms with Crippen molar-refractivity contribution in [3.05, 3.63) is 30.6 Å². The van der Waals surface area contributed by atoms with E-state index in [0.29, 0.717) is 5.95 Å². The van der Waals surface area contributed by atoms with Crippen molar-refractivity contribution in [1.29, 1.82) is 0 Å². The van der Waals surface area contributed by atoms with Crippen LogP contribution in [0.4, 0.5) is 11.8 Å². The fourth-order valence-corrected chi connectivity index (χ4v) is 2.88. The fourth-order valence-electron chi connectivity index (χ4n) is 2.88. The average molecular weight is 327 g/mol. The van der Waals surface area contributed by atoms with E-state index in [1.165, 1.54) is 0 Å². The smallest absolute Gasteiger partial charge is 0.224 e. The number of rotatable bonds is 1. The van der Waals surface area contributed by atoms with Gasteiger partial charge in [0, 0.05) is 25.5 Å². The number of nitrogens with one attached hydrogen (secondary N) is 2. The minimum atomic E-state index is -0.195. The molecule has 1 aliphatic rings. The molecule has 3 rings (SSSR count). The number of aliphatic hydroxyl groups is 1. The lowest BCUT2D eigenvalue weighted by Crippen LogP contribution is -2.14. The molecule has 0 aliphatic carbocycles. The van der Waals surface area contributed by atoms with Crippen LogP contribution in [-0.2, 0) is 0 Å². The Morgan fingerprint density at radius 2 is 1.83 bits per heavy atom. The number of pyridine rings is 1. The van der Waals surface area contributed by atoms with E-state index < -0.39 is 0 Å². The maximum Gasteiger partial charge on any atom is 0.224 e. The summed E-state index contributed by atoms with van der Waals surface area (Å²) in [6.45, 7) is 1.62. The van der Waals surface area contributed by atoms with Gasteiger partial charge in [0.25, 0.3) is 0 Å². The molecule has 128 valence electrons. The molecule has 1 atom stereocenters. The van der Waals surface area contributed by atoms with Gasteiger partial charge >= 0.3 is 0 Å². The first-order valence-corrected chi connectivity index (χ1v) is 8.77. The van der Waals surface area contributed by atoms with E-state index in [-0.39, 0.29) is 6.10 Å². The molecule has 0 amide bonds. The first kappa shape index (κ1) is 16.6. The lowest BCUT2D eigenvalue weighted by molar-refractivity contribution is 0.149. The summed E-state index contributed by atoms with van der Waals surface area (Å²) in [5.41, 5.74) is 1.75. The van der Waals surface area contributed by atoms with Crippen molar-refractivity contribution in [2.45, 2.75) is 44.6 Å². The molecule has 1 unspecified atom stereocenters. The van der Waals surface area contributed by atoms with E-state index in [2.05, 4.69) is 25.6 Å². The van der Waals surface area contributed by atoms with Crippen LogP contribution in [0.15, 0.2) is 30.6 Å². The molecule has 0 radical (unpaired) electrons. The lowest BCUT2D eigenvalue weighted by atomic mass is 10.1. The number of hydrogen-bond donors (Lipinski definition) is 3. The van der Waals surface area contributed by atoms with Crippen molar-refractivity contribution >= 4 is 11.8 Å². The van der Waals surface area contributed by atoms with Crippen LogP contribution in [-0.4, -0.2) is 39.3 Å². The highest BCUT2D eigenvalue weighted by Gasteiger charge is 2.11. The molecule has 3 heterocycles. The Kier molecular flexibility index (Phi) is 5.96. The van der Waals surface area contributed by atoms with Crippen LogP contribution in [0.25, 0.3) is 11.3 Å². The second-order valence-corrected chi connectivity index (χ2v) is 6.17. The van der Waals surface area contributed by atoms with Gasteiger partial charge in [-0.15, -0.1) is 0 Å². The number of aromatic nitrogens is 3. The highest BCUT2D eigenvalue weighted by atomic mass is 16.3. The lowest BCUT2D eigenvalue weighted by Gasteiger charge is -2.15. The van der Waals surface area contributed by atoms with Crippen molar-refractivity contribution in [3.63, 3.8) is 0 Å². The number of nitrogens with zero attached hydrogens (tertiary/aromatic N) is 3. The maximum absolute atomic E-state index is 10.0. The highest BCUT2D eigenvalue weighted by molar-refractivity contribution is 5.72. The fraction of sp³-hybridized carbons (Fsp3) is 0.500. The second kappa shape index (κ2) is 8.59. The average Bonchev–Trinajstić information content (AvgIpc) is 2.62. The molecule has 0 spiro atoms. The van der Waals surface area contributed by atoms with Gasteiger partial charge in [-0.25, -0.2) is 4.98 Å². The Balaban J connectivity index is 1.80. The Hall–Kier alpha value is -2.21. The zero-order valence-corrected chi connectivity index (χ0v) is 13.9. The molecule has 2 aromatic rings. The first-order valence-electron chi connectivity index (χ1n) is 8.77. The van der Waals surface area contributed by atoms with Gasteiger partial charge in [0.05, 0.1) is 17.4 Å². The standard InChI is InChI=1S/C18H25N5O/c24-14-7-2-1-4-11-21-18-22-13-15(16-9-3-5-10-19-16)17(23-18)20-12-6-8-14/h3,5,9-10,13-14,24H,1-2,4,6-8,11-12H2,(H2,20,21,22,23). The summed E-state index contributed by atoms with van der Waals surface area (Å²) in [6.07, 6.45) is 9.26. The van der Waals surface area contributed by atoms with Gasteiger partial charge in [-0.3, -0.25) is 4.98 Å². The van der Waals surface area contributed by atoms with Crippen molar-refractivity contribution in [1.82, 2.24) is 15.0 Å². The zero-order chi connectivity index (χ0) is 16.6. The molecular formula is C18H25N5O. The molecule has 3 N–H and O–H groups in total. The van der Waals surface area contributed by atoms with Crippen LogP contribution in [0.1, 0.15) is 38.5 Å². The van der Waals surface area contributed by atoms with E-state index in [4.69, 9.17) is 0 Å². The largest absolute Gasteiger partial charge is 0.393 e.